The van der Waals surface area contributed by atoms with Crippen LogP contribution in [-0.4, -0.2) is 21.7 Å². The molecule has 0 bridgehead atoms. The normalized spacial score (nSPS) is 10.8. The summed E-state index contributed by atoms with van der Waals surface area (Å²) in [7, 11) is 0. The van der Waals surface area contributed by atoms with Crippen molar-refractivity contribution in [2.75, 3.05) is 0 Å². The van der Waals surface area contributed by atoms with Crippen molar-refractivity contribution in [3.63, 3.8) is 0 Å². The van der Waals surface area contributed by atoms with Crippen LogP contribution in [0.3, 0.4) is 0 Å². The highest BCUT2D eigenvalue weighted by atomic mass is 16.2. The number of amides is 1. The molecule has 2 aromatic rings. The lowest BCUT2D eigenvalue weighted by Gasteiger charge is -2.14. The van der Waals surface area contributed by atoms with Crippen molar-refractivity contribution in [2.24, 2.45) is 0 Å². The number of rotatable bonds is 6. The van der Waals surface area contributed by atoms with Gasteiger partial charge in [-0.1, -0.05) is 44.2 Å². The highest BCUT2D eigenvalue weighted by molar-refractivity contribution is 5.76. The first-order valence-corrected chi connectivity index (χ1v) is 7.10. The Kier molecular flexibility index (Phi) is 4.93. The number of nitrogens with zero attached hydrogens (tertiary/aromatic N) is 2. The number of benzene rings is 1. The highest BCUT2D eigenvalue weighted by Gasteiger charge is 2.09. The zero-order valence-corrected chi connectivity index (χ0v) is 12.0. The lowest BCUT2D eigenvalue weighted by atomic mass is 10.1. The van der Waals surface area contributed by atoms with Gasteiger partial charge in [0, 0.05) is 17.8 Å². The lowest BCUT2D eigenvalue weighted by molar-refractivity contribution is -0.122. The van der Waals surface area contributed by atoms with Crippen molar-refractivity contribution < 1.29 is 4.79 Å². The van der Waals surface area contributed by atoms with E-state index in [1.807, 2.05) is 36.5 Å². The molecule has 2 rings (SSSR count). The largest absolute Gasteiger partial charge is 0.352 e. The molecule has 1 N–H and O–H groups in total. The maximum absolute atomic E-state index is 11.9. The van der Waals surface area contributed by atoms with Crippen LogP contribution in [0.1, 0.15) is 26.7 Å². The fraction of sp³-hybridized carbons (Fsp3) is 0.375. The van der Waals surface area contributed by atoms with E-state index in [2.05, 4.69) is 24.3 Å². The smallest absolute Gasteiger partial charge is 0.241 e. The Morgan fingerprint density at radius 1 is 1.20 bits per heavy atom. The monoisotopic (exact) mass is 271 g/mol. The molecule has 1 aromatic carbocycles. The summed E-state index contributed by atoms with van der Waals surface area (Å²) in [5, 5.41) is 7.26. The van der Waals surface area contributed by atoms with Crippen molar-refractivity contribution in [3.05, 3.63) is 42.7 Å². The summed E-state index contributed by atoms with van der Waals surface area (Å²) in [6, 6.07) is 10.3. The fourth-order valence-electron chi connectivity index (χ4n) is 2.14. The van der Waals surface area contributed by atoms with E-state index in [0.717, 1.165) is 24.0 Å². The molecule has 0 unspecified atom stereocenters. The van der Waals surface area contributed by atoms with Gasteiger partial charge >= 0.3 is 0 Å². The maximum Gasteiger partial charge on any atom is 0.241 e. The van der Waals surface area contributed by atoms with E-state index >= 15 is 0 Å². The molecule has 1 aromatic heterocycles. The highest BCUT2D eigenvalue weighted by Crippen LogP contribution is 2.17. The summed E-state index contributed by atoms with van der Waals surface area (Å²) in [6.45, 7) is 4.43. The van der Waals surface area contributed by atoms with E-state index in [1.54, 1.807) is 10.9 Å². The summed E-state index contributed by atoms with van der Waals surface area (Å²) < 4.78 is 1.68. The standard InChI is InChI=1S/C16H21N3O/c1-3-15(4-2)18-16(20)12-19-11-14(10-17-19)13-8-6-5-7-9-13/h5-11,15H,3-4,12H2,1-2H3,(H,18,20). The van der Waals surface area contributed by atoms with E-state index in [9.17, 15) is 4.79 Å². The van der Waals surface area contributed by atoms with Crippen LogP contribution in [0.15, 0.2) is 42.7 Å². The zero-order chi connectivity index (χ0) is 14.4. The molecule has 0 atom stereocenters. The molecule has 0 radical (unpaired) electrons. The Morgan fingerprint density at radius 3 is 2.55 bits per heavy atom. The van der Waals surface area contributed by atoms with Crippen LogP contribution >= 0.6 is 0 Å². The molecule has 0 saturated heterocycles. The molecule has 4 nitrogen and oxygen atoms in total. The van der Waals surface area contributed by atoms with Gasteiger partial charge in [-0.05, 0) is 18.4 Å². The Morgan fingerprint density at radius 2 is 1.90 bits per heavy atom. The minimum atomic E-state index is 0.0152. The molecule has 0 aliphatic carbocycles. The second-order valence-corrected chi connectivity index (χ2v) is 4.87. The molecule has 0 fully saturated rings. The Hall–Kier alpha value is -2.10. The van der Waals surface area contributed by atoms with Gasteiger partial charge in [0.15, 0.2) is 0 Å². The van der Waals surface area contributed by atoms with Gasteiger partial charge in [-0.3, -0.25) is 9.48 Å². The summed E-state index contributed by atoms with van der Waals surface area (Å²) in [4.78, 5) is 11.9. The number of hydrogen-bond acceptors (Lipinski definition) is 2. The van der Waals surface area contributed by atoms with E-state index < -0.39 is 0 Å². The molecule has 4 heteroatoms. The third-order valence-electron chi connectivity index (χ3n) is 3.40. The van der Waals surface area contributed by atoms with Crippen LogP contribution in [0.25, 0.3) is 11.1 Å². The minimum Gasteiger partial charge on any atom is -0.352 e. The van der Waals surface area contributed by atoms with Crippen molar-refractivity contribution in [3.8, 4) is 11.1 Å². The fourth-order valence-corrected chi connectivity index (χ4v) is 2.14. The number of nitrogens with one attached hydrogen (secondary N) is 1. The first kappa shape index (κ1) is 14.3. The first-order valence-electron chi connectivity index (χ1n) is 7.10. The summed E-state index contributed by atoms with van der Waals surface area (Å²) >= 11 is 0. The zero-order valence-electron chi connectivity index (χ0n) is 12.0. The predicted molar refractivity (Wildman–Crippen MR) is 80.2 cm³/mol. The van der Waals surface area contributed by atoms with Crippen LogP contribution in [0.5, 0.6) is 0 Å². The molecular weight excluding hydrogens is 250 g/mol. The average molecular weight is 271 g/mol. The SMILES string of the molecule is CCC(CC)NC(=O)Cn1cc(-c2ccccc2)cn1. The van der Waals surface area contributed by atoms with Gasteiger partial charge in [-0.25, -0.2) is 0 Å². The van der Waals surface area contributed by atoms with Gasteiger partial charge in [0.25, 0.3) is 0 Å². The van der Waals surface area contributed by atoms with Crippen LogP contribution in [0.2, 0.25) is 0 Å². The van der Waals surface area contributed by atoms with Gasteiger partial charge in [0.1, 0.15) is 6.54 Å². The van der Waals surface area contributed by atoms with E-state index in [1.165, 1.54) is 0 Å². The molecule has 0 aliphatic heterocycles. The maximum atomic E-state index is 11.9. The van der Waals surface area contributed by atoms with E-state index in [4.69, 9.17) is 0 Å². The second-order valence-electron chi connectivity index (χ2n) is 4.87. The van der Waals surface area contributed by atoms with Crippen molar-refractivity contribution in [1.82, 2.24) is 15.1 Å². The molecule has 1 amide bonds. The van der Waals surface area contributed by atoms with Gasteiger partial charge in [-0.2, -0.15) is 5.10 Å². The topological polar surface area (TPSA) is 46.9 Å². The Balaban J connectivity index is 1.98. The predicted octanol–water partition coefficient (Wildman–Crippen LogP) is 2.85. The van der Waals surface area contributed by atoms with Crippen molar-refractivity contribution in [1.29, 1.82) is 0 Å². The Bertz CT molecular complexity index is 544. The third-order valence-corrected chi connectivity index (χ3v) is 3.40. The van der Waals surface area contributed by atoms with E-state index in [-0.39, 0.29) is 18.5 Å². The molecule has 0 aliphatic rings. The van der Waals surface area contributed by atoms with Crippen LogP contribution in [0.4, 0.5) is 0 Å². The second kappa shape index (κ2) is 6.89. The molecule has 0 saturated carbocycles. The first-order chi connectivity index (χ1) is 9.72. The lowest BCUT2D eigenvalue weighted by Crippen LogP contribution is -2.36. The van der Waals surface area contributed by atoms with Crippen molar-refractivity contribution >= 4 is 5.91 Å². The quantitative estimate of drug-likeness (QED) is 0.878. The van der Waals surface area contributed by atoms with Crippen LogP contribution in [0, 0.1) is 0 Å². The van der Waals surface area contributed by atoms with Gasteiger partial charge in [0.05, 0.1) is 6.20 Å². The molecule has 0 spiro atoms. The third kappa shape index (κ3) is 3.70. The van der Waals surface area contributed by atoms with Crippen LogP contribution in [-0.2, 0) is 11.3 Å². The van der Waals surface area contributed by atoms with Crippen molar-refractivity contribution in [2.45, 2.75) is 39.3 Å². The average Bonchev–Trinajstić information content (AvgIpc) is 2.94. The molecule has 1 heterocycles. The molecule has 106 valence electrons. The van der Waals surface area contributed by atoms with Gasteiger partial charge in [-0.15, -0.1) is 0 Å². The summed E-state index contributed by atoms with van der Waals surface area (Å²) in [6.07, 6.45) is 5.61. The minimum absolute atomic E-state index is 0.0152. The van der Waals surface area contributed by atoms with Crippen LogP contribution < -0.4 is 5.32 Å². The number of aromatic nitrogens is 2. The summed E-state index contributed by atoms with van der Waals surface area (Å²) in [5.74, 6) is 0.0152. The number of carbonyl (C=O) groups excluding carboxylic acids is 1. The summed E-state index contributed by atoms with van der Waals surface area (Å²) in [5.41, 5.74) is 2.14. The number of hydrogen-bond donors (Lipinski definition) is 1. The molecule has 20 heavy (non-hydrogen) atoms. The van der Waals surface area contributed by atoms with Gasteiger partial charge in [0.2, 0.25) is 5.91 Å². The molecular formula is C16H21N3O. The van der Waals surface area contributed by atoms with E-state index in [0.29, 0.717) is 0 Å². The Labute approximate surface area is 119 Å². The number of carbonyl (C=O) groups is 1. The van der Waals surface area contributed by atoms with Gasteiger partial charge < -0.3 is 5.32 Å².